The number of non-ortho nitro benzene ring substituents is 1. The Bertz CT molecular complexity index is 945. The van der Waals surface area contributed by atoms with Crippen molar-refractivity contribution in [3.63, 3.8) is 0 Å². The number of rotatable bonds is 6. The SMILES string of the molecule is COc1cc(-c2cccc(-c3ccc([N+](=O)[O-])cc3)n2)cc(OC)c1OC. The lowest BCUT2D eigenvalue weighted by molar-refractivity contribution is -0.384. The van der Waals surface area contributed by atoms with Gasteiger partial charge in [0.1, 0.15) is 0 Å². The van der Waals surface area contributed by atoms with Gasteiger partial charge in [-0.3, -0.25) is 10.1 Å². The summed E-state index contributed by atoms with van der Waals surface area (Å²) in [7, 11) is 4.66. The Balaban J connectivity index is 2.04. The van der Waals surface area contributed by atoms with Crippen LogP contribution in [0.4, 0.5) is 5.69 Å². The summed E-state index contributed by atoms with van der Waals surface area (Å²) in [5, 5.41) is 10.8. The van der Waals surface area contributed by atoms with Crippen molar-refractivity contribution in [3.8, 4) is 39.8 Å². The quantitative estimate of drug-likeness (QED) is 0.476. The van der Waals surface area contributed by atoms with E-state index in [0.29, 0.717) is 28.6 Å². The third-order valence-electron chi connectivity index (χ3n) is 4.08. The number of nitrogens with zero attached hydrogens (tertiary/aromatic N) is 2. The van der Waals surface area contributed by atoms with Crippen molar-refractivity contribution < 1.29 is 19.1 Å². The molecule has 0 fully saturated rings. The van der Waals surface area contributed by atoms with Crippen molar-refractivity contribution in [3.05, 3.63) is 64.7 Å². The van der Waals surface area contributed by atoms with Gasteiger partial charge in [0.15, 0.2) is 11.5 Å². The minimum Gasteiger partial charge on any atom is -0.493 e. The van der Waals surface area contributed by atoms with Gasteiger partial charge in [0.2, 0.25) is 5.75 Å². The van der Waals surface area contributed by atoms with E-state index in [-0.39, 0.29) is 5.69 Å². The number of aromatic nitrogens is 1. The predicted octanol–water partition coefficient (Wildman–Crippen LogP) is 4.35. The molecular formula is C20H18N2O5. The van der Waals surface area contributed by atoms with Gasteiger partial charge in [-0.25, -0.2) is 4.98 Å². The van der Waals surface area contributed by atoms with Crippen LogP contribution in [0.2, 0.25) is 0 Å². The first-order valence-electron chi connectivity index (χ1n) is 8.09. The number of hydrogen-bond acceptors (Lipinski definition) is 6. The zero-order chi connectivity index (χ0) is 19.4. The molecule has 1 heterocycles. The van der Waals surface area contributed by atoms with E-state index >= 15 is 0 Å². The van der Waals surface area contributed by atoms with Crippen molar-refractivity contribution in [1.82, 2.24) is 4.98 Å². The van der Waals surface area contributed by atoms with E-state index in [2.05, 4.69) is 4.98 Å². The van der Waals surface area contributed by atoms with E-state index in [1.165, 1.54) is 12.1 Å². The highest BCUT2D eigenvalue weighted by molar-refractivity contribution is 5.71. The third-order valence-corrected chi connectivity index (χ3v) is 4.08. The van der Waals surface area contributed by atoms with Gasteiger partial charge in [-0.15, -0.1) is 0 Å². The normalized spacial score (nSPS) is 10.3. The molecule has 0 aliphatic carbocycles. The first kappa shape index (κ1) is 18.2. The molecule has 0 spiro atoms. The minimum absolute atomic E-state index is 0.0412. The number of nitro benzene ring substituents is 1. The molecule has 0 amide bonds. The van der Waals surface area contributed by atoms with Crippen LogP contribution in [0.5, 0.6) is 17.2 Å². The standard InChI is InChI=1S/C20H18N2O5/c1-25-18-11-14(12-19(26-2)20(18)27-3)17-6-4-5-16(21-17)13-7-9-15(10-8-13)22(23)24/h4-12H,1-3H3. The van der Waals surface area contributed by atoms with Gasteiger partial charge < -0.3 is 14.2 Å². The first-order chi connectivity index (χ1) is 13.1. The van der Waals surface area contributed by atoms with Gasteiger partial charge in [-0.05, 0) is 36.4 Å². The minimum atomic E-state index is -0.427. The second kappa shape index (κ2) is 7.74. The molecule has 0 saturated heterocycles. The predicted molar refractivity (Wildman–Crippen MR) is 101 cm³/mol. The highest BCUT2D eigenvalue weighted by Crippen LogP contribution is 2.41. The second-order valence-corrected chi connectivity index (χ2v) is 5.63. The van der Waals surface area contributed by atoms with Gasteiger partial charge in [0.25, 0.3) is 5.69 Å². The summed E-state index contributed by atoms with van der Waals surface area (Å²) in [6.07, 6.45) is 0. The molecule has 138 valence electrons. The number of hydrogen-bond donors (Lipinski definition) is 0. The van der Waals surface area contributed by atoms with Crippen LogP contribution in [0.25, 0.3) is 22.5 Å². The van der Waals surface area contributed by atoms with Crippen molar-refractivity contribution in [1.29, 1.82) is 0 Å². The van der Waals surface area contributed by atoms with Crippen LogP contribution in [-0.4, -0.2) is 31.2 Å². The van der Waals surface area contributed by atoms with E-state index in [1.54, 1.807) is 33.5 Å². The van der Waals surface area contributed by atoms with E-state index in [4.69, 9.17) is 14.2 Å². The van der Waals surface area contributed by atoms with Crippen molar-refractivity contribution >= 4 is 5.69 Å². The maximum absolute atomic E-state index is 10.8. The molecule has 3 aromatic rings. The summed E-state index contributed by atoms with van der Waals surface area (Å²) in [6, 6.07) is 15.5. The average molecular weight is 366 g/mol. The van der Waals surface area contributed by atoms with Crippen molar-refractivity contribution in [2.75, 3.05) is 21.3 Å². The molecule has 0 bridgehead atoms. The van der Waals surface area contributed by atoms with Gasteiger partial charge in [0.05, 0.1) is 37.6 Å². The number of pyridine rings is 1. The van der Waals surface area contributed by atoms with Crippen LogP contribution in [0.15, 0.2) is 54.6 Å². The molecule has 0 saturated carbocycles. The van der Waals surface area contributed by atoms with Gasteiger partial charge >= 0.3 is 0 Å². The number of benzene rings is 2. The second-order valence-electron chi connectivity index (χ2n) is 5.63. The van der Waals surface area contributed by atoms with Crippen LogP contribution < -0.4 is 14.2 Å². The lowest BCUT2D eigenvalue weighted by atomic mass is 10.1. The fraction of sp³-hybridized carbons (Fsp3) is 0.150. The molecule has 0 aliphatic rings. The maximum Gasteiger partial charge on any atom is 0.269 e. The smallest absolute Gasteiger partial charge is 0.269 e. The summed E-state index contributed by atoms with van der Waals surface area (Å²) in [5.74, 6) is 1.58. The lowest BCUT2D eigenvalue weighted by Crippen LogP contribution is -1.96. The largest absolute Gasteiger partial charge is 0.493 e. The van der Waals surface area contributed by atoms with Crippen LogP contribution in [0.1, 0.15) is 0 Å². The zero-order valence-corrected chi connectivity index (χ0v) is 15.1. The van der Waals surface area contributed by atoms with E-state index < -0.39 is 4.92 Å². The Kier molecular flexibility index (Phi) is 5.21. The lowest BCUT2D eigenvalue weighted by Gasteiger charge is -2.14. The maximum atomic E-state index is 10.8. The molecule has 0 unspecified atom stereocenters. The number of methoxy groups -OCH3 is 3. The van der Waals surface area contributed by atoms with Gasteiger partial charge in [-0.1, -0.05) is 6.07 Å². The van der Waals surface area contributed by atoms with Gasteiger partial charge in [-0.2, -0.15) is 0 Å². The Labute approximate surface area is 156 Å². The topological polar surface area (TPSA) is 83.7 Å². The Morgan fingerprint density at radius 1 is 0.815 bits per heavy atom. The number of ether oxygens (including phenoxy) is 3. The third kappa shape index (κ3) is 3.67. The summed E-state index contributed by atoms with van der Waals surface area (Å²) in [5.41, 5.74) is 3.05. The molecule has 0 aliphatic heterocycles. The molecule has 3 rings (SSSR count). The number of nitro groups is 1. The fourth-order valence-electron chi connectivity index (χ4n) is 2.74. The molecular weight excluding hydrogens is 348 g/mol. The molecule has 0 N–H and O–H groups in total. The highest BCUT2D eigenvalue weighted by Gasteiger charge is 2.15. The summed E-state index contributed by atoms with van der Waals surface area (Å²) >= 11 is 0. The molecule has 27 heavy (non-hydrogen) atoms. The Morgan fingerprint density at radius 3 is 1.85 bits per heavy atom. The Morgan fingerprint density at radius 2 is 1.37 bits per heavy atom. The van der Waals surface area contributed by atoms with E-state index in [0.717, 1.165) is 11.1 Å². The molecule has 1 aromatic heterocycles. The molecule has 0 radical (unpaired) electrons. The molecule has 2 aromatic carbocycles. The Hall–Kier alpha value is -3.61. The zero-order valence-electron chi connectivity index (χ0n) is 15.1. The summed E-state index contributed by atoms with van der Waals surface area (Å²) < 4.78 is 16.1. The highest BCUT2D eigenvalue weighted by atomic mass is 16.6. The van der Waals surface area contributed by atoms with Gasteiger partial charge in [0, 0.05) is 23.3 Å². The van der Waals surface area contributed by atoms with Crippen LogP contribution in [0, 0.1) is 10.1 Å². The molecule has 0 atom stereocenters. The van der Waals surface area contributed by atoms with Crippen molar-refractivity contribution in [2.24, 2.45) is 0 Å². The summed E-state index contributed by atoms with van der Waals surface area (Å²) in [4.78, 5) is 15.1. The van der Waals surface area contributed by atoms with Crippen LogP contribution in [-0.2, 0) is 0 Å². The fourth-order valence-corrected chi connectivity index (χ4v) is 2.74. The van der Waals surface area contributed by atoms with E-state index in [1.807, 2.05) is 30.3 Å². The van der Waals surface area contributed by atoms with Crippen LogP contribution in [0.3, 0.4) is 0 Å². The summed E-state index contributed by atoms with van der Waals surface area (Å²) in [6.45, 7) is 0. The average Bonchev–Trinajstić information content (AvgIpc) is 2.72. The van der Waals surface area contributed by atoms with Crippen LogP contribution >= 0.6 is 0 Å². The van der Waals surface area contributed by atoms with E-state index in [9.17, 15) is 10.1 Å². The molecule has 7 heteroatoms. The van der Waals surface area contributed by atoms with Crippen molar-refractivity contribution in [2.45, 2.75) is 0 Å². The molecule has 7 nitrogen and oxygen atoms in total. The monoisotopic (exact) mass is 366 g/mol. The first-order valence-corrected chi connectivity index (χ1v) is 8.09.